The van der Waals surface area contributed by atoms with Crippen molar-refractivity contribution in [3.8, 4) is 17.6 Å². The largest absolute Gasteiger partial charge is 0.493 e. The zero-order valence-electron chi connectivity index (χ0n) is 15.6. The molecule has 0 aliphatic carbocycles. The number of hydrogen-bond donors (Lipinski definition) is 1. The minimum atomic E-state index is -0.589. The molecule has 0 spiro atoms. The number of nitrogens with one attached hydrogen (secondary N) is 1. The molecule has 0 saturated heterocycles. The molecule has 0 heterocycles. The number of methoxy groups -OCH3 is 1. The van der Waals surface area contributed by atoms with Crippen LogP contribution in [0.25, 0.3) is 6.08 Å². The summed E-state index contributed by atoms with van der Waals surface area (Å²) in [4.78, 5) is 12.4. The van der Waals surface area contributed by atoms with Gasteiger partial charge in [-0.25, -0.2) is 0 Å². The van der Waals surface area contributed by atoms with Gasteiger partial charge in [0.05, 0.1) is 29.4 Å². The normalized spacial score (nSPS) is 10.9. The standard InChI is InChI=1S/C21H20Cl2N2O3/c1-3-4-10-28-18-9-8-14(12-19(18)27-2)11-15(13-24)21(26)25-17-7-5-6-16(22)20(17)23/h5-9,11-12H,3-4,10H2,1-2H3,(H,25,26). The van der Waals surface area contributed by atoms with Crippen LogP contribution in [0.3, 0.4) is 0 Å². The van der Waals surface area contributed by atoms with Gasteiger partial charge in [-0.3, -0.25) is 4.79 Å². The molecule has 0 aliphatic heterocycles. The topological polar surface area (TPSA) is 71.3 Å². The van der Waals surface area contributed by atoms with Crippen LogP contribution in [-0.4, -0.2) is 19.6 Å². The average Bonchev–Trinajstić information content (AvgIpc) is 2.70. The highest BCUT2D eigenvalue weighted by Gasteiger charge is 2.13. The molecule has 0 atom stereocenters. The number of unbranched alkanes of at least 4 members (excludes halogenated alkanes) is 1. The molecular weight excluding hydrogens is 399 g/mol. The van der Waals surface area contributed by atoms with Crippen molar-refractivity contribution in [2.24, 2.45) is 0 Å². The molecule has 0 saturated carbocycles. The molecule has 0 aromatic heterocycles. The SMILES string of the molecule is CCCCOc1ccc(C=C(C#N)C(=O)Nc2cccc(Cl)c2Cl)cc1OC. The number of rotatable bonds is 8. The third-order valence-corrected chi connectivity index (χ3v) is 4.64. The van der Waals surface area contributed by atoms with Crippen molar-refractivity contribution in [3.05, 3.63) is 57.6 Å². The van der Waals surface area contributed by atoms with E-state index in [2.05, 4.69) is 12.2 Å². The molecular formula is C21H20Cl2N2O3. The van der Waals surface area contributed by atoms with E-state index >= 15 is 0 Å². The third-order valence-electron chi connectivity index (χ3n) is 3.82. The van der Waals surface area contributed by atoms with Gasteiger partial charge in [-0.15, -0.1) is 0 Å². The molecule has 2 rings (SSSR count). The van der Waals surface area contributed by atoms with E-state index < -0.39 is 5.91 Å². The first-order chi connectivity index (χ1) is 13.5. The van der Waals surface area contributed by atoms with Crippen molar-refractivity contribution >= 4 is 40.9 Å². The minimum Gasteiger partial charge on any atom is -0.493 e. The summed E-state index contributed by atoms with van der Waals surface area (Å²) in [6, 6.07) is 12.0. The molecule has 2 aromatic carbocycles. The Morgan fingerprint density at radius 1 is 1.25 bits per heavy atom. The van der Waals surface area contributed by atoms with E-state index in [-0.39, 0.29) is 10.6 Å². The van der Waals surface area contributed by atoms with Crippen LogP contribution in [-0.2, 0) is 4.79 Å². The van der Waals surface area contributed by atoms with E-state index in [9.17, 15) is 10.1 Å². The lowest BCUT2D eigenvalue weighted by molar-refractivity contribution is -0.112. The van der Waals surface area contributed by atoms with Gasteiger partial charge in [0, 0.05) is 0 Å². The number of nitriles is 1. The highest BCUT2D eigenvalue weighted by atomic mass is 35.5. The molecule has 0 fully saturated rings. The van der Waals surface area contributed by atoms with E-state index in [0.29, 0.717) is 34.4 Å². The third kappa shape index (κ3) is 5.66. The van der Waals surface area contributed by atoms with Gasteiger partial charge in [-0.05, 0) is 42.3 Å². The first-order valence-corrected chi connectivity index (χ1v) is 9.43. The van der Waals surface area contributed by atoms with E-state index in [1.54, 1.807) is 36.4 Å². The molecule has 1 amide bonds. The summed E-state index contributed by atoms with van der Waals surface area (Å²) in [5.41, 5.74) is 0.874. The van der Waals surface area contributed by atoms with Crippen molar-refractivity contribution in [2.45, 2.75) is 19.8 Å². The second kappa shape index (κ2) is 10.6. The summed E-state index contributed by atoms with van der Waals surface area (Å²) in [5.74, 6) is 0.552. The Morgan fingerprint density at radius 3 is 2.71 bits per heavy atom. The molecule has 1 N–H and O–H groups in total. The quantitative estimate of drug-likeness (QED) is 0.337. The van der Waals surface area contributed by atoms with Gasteiger partial charge in [-0.1, -0.05) is 48.7 Å². The maximum absolute atomic E-state index is 12.4. The van der Waals surface area contributed by atoms with Crippen LogP contribution in [0.5, 0.6) is 11.5 Å². The Kier molecular flexibility index (Phi) is 8.19. The Hall–Kier alpha value is -2.68. The molecule has 0 unspecified atom stereocenters. The molecule has 2 aromatic rings. The van der Waals surface area contributed by atoms with Crippen molar-refractivity contribution in [1.82, 2.24) is 0 Å². The molecule has 7 heteroatoms. The van der Waals surface area contributed by atoms with Crippen LogP contribution in [0.2, 0.25) is 10.0 Å². The van der Waals surface area contributed by atoms with Gasteiger partial charge in [0.25, 0.3) is 5.91 Å². The molecule has 0 aliphatic rings. The monoisotopic (exact) mass is 418 g/mol. The van der Waals surface area contributed by atoms with Crippen molar-refractivity contribution < 1.29 is 14.3 Å². The Balaban J connectivity index is 2.22. The van der Waals surface area contributed by atoms with Crippen LogP contribution in [0.1, 0.15) is 25.3 Å². The van der Waals surface area contributed by atoms with Crippen LogP contribution in [0, 0.1) is 11.3 Å². The summed E-state index contributed by atoms with van der Waals surface area (Å²) in [6.45, 7) is 2.67. The van der Waals surface area contributed by atoms with Gasteiger partial charge in [0.1, 0.15) is 11.6 Å². The number of amides is 1. The van der Waals surface area contributed by atoms with E-state index in [4.69, 9.17) is 32.7 Å². The average molecular weight is 419 g/mol. The number of carbonyl (C=O) groups is 1. The number of anilines is 1. The van der Waals surface area contributed by atoms with Crippen LogP contribution >= 0.6 is 23.2 Å². The predicted octanol–water partition coefficient (Wildman–Crippen LogP) is 5.73. The molecule has 0 bridgehead atoms. The number of hydrogen-bond acceptors (Lipinski definition) is 4. The zero-order valence-corrected chi connectivity index (χ0v) is 17.1. The summed E-state index contributed by atoms with van der Waals surface area (Å²) in [5, 5.41) is 12.5. The second-order valence-corrected chi connectivity index (χ2v) is 6.62. The lowest BCUT2D eigenvalue weighted by atomic mass is 10.1. The lowest BCUT2D eigenvalue weighted by Crippen LogP contribution is -2.13. The highest BCUT2D eigenvalue weighted by Crippen LogP contribution is 2.31. The Labute approximate surface area is 174 Å². The van der Waals surface area contributed by atoms with Gasteiger partial charge in [0.2, 0.25) is 0 Å². The lowest BCUT2D eigenvalue weighted by Gasteiger charge is -2.11. The number of halogens is 2. The molecule has 5 nitrogen and oxygen atoms in total. The summed E-state index contributed by atoms with van der Waals surface area (Å²) >= 11 is 12.0. The zero-order chi connectivity index (χ0) is 20.5. The van der Waals surface area contributed by atoms with Crippen molar-refractivity contribution in [3.63, 3.8) is 0 Å². The van der Waals surface area contributed by atoms with Crippen LogP contribution in [0.15, 0.2) is 42.0 Å². The maximum Gasteiger partial charge on any atom is 0.266 e. The minimum absolute atomic E-state index is 0.0854. The predicted molar refractivity (Wildman–Crippen MR) is 112 cm³/mol. The Morgan fingerprint density at radius 2 is 2.04 bits per heavy atom. The molecule has 0 radical (unpaired) electrons. The van der Waals surface area contributed by atoms with Gasteiger partial charge < -0.3 is 14.8 Å². The van der Waals surface area contributed by atoms with Crippen LogP contribution in [0.4, 0.5) is 5.69 Å². The van der Waals surface area contributed by atoms with Gasteiger partial charge in [0.15, 0.2) is 11.5 Å². The smallest absolute Gasteiger partial charge is 0.266 e. The van der Waals surface area contributed by atoms with Crippen molar-refractivity contribution in [1.29, 1.82) is 5.26 Å². The number of ether oxygens (including phenoxy) is 2. The highest BCUT2D eigenvalue weighted by molar-refractivity contribution is 6.44. The van der Waals surface area contributed by atoms with Gasteiger partial charge in [-0.2, -0.15) is 5.26 Å². The fourth-order valence-electron chi connectivity index (χ4n) is 2.32. The summed E-state index contributed by atoms with van der Waals surface area (Å²) in [7, 11) is 1.54. The number of benzene rings is 2. The fraction of sp³-hybridized carbons (Fsp3) is 0.238. The van der Waals surface area contributed by atoms with E-state index in [1.807, 2.05) is 6.07 Å². The maximum atomic E-state index is 12.4. The summed E-state index contributed by atoms with van der Waals surface area (Å²) in [6.07, 6.45) is 3.43. The molecule has 146 valence electrons. The van der Waals surface area contributed by atoms with E-state index in [0.717, 1.165) is 12.8 Å². The van der Waals surface area contributed by atoms with Gasteiger partial charge >= 0.3 is 0 Å². The van der Waals surface area contributed by atoms with Crippen molar-refractivity contribution in [2.75, 3.05) is 19.0 Å². The molecule has 28 heavy (non-hydrogen) atoms. The summed E-state index contributed by atoms with van der Waals surface area (Å²) < 4.78 is 11.0. The first kappa shape index (κ1) is 21.6. The van der Waals surface area contributed by atoms with Crippen LogP contribution < -0.4 is 14.8 Å². The first-order valence-electron chi connectivity index (χ1n) is 8.68. The fourth-order valence-corrected chi connectivity index (χ4v) is 2.67. The second-order valence-electron chi connectivity index (χ2n) is 5.84. The number of nitrogens with zero attached hydrogens (tertiary/aromatic N) is 1. The Bertz CT molecular complexity index is 920. The van der Waals surface area contributed by atoms with E-state index in [1.165, 1.54) is 13.2 Å². The number of carbonyl (C=O) groups excluding carboxylic acids is 1.